The lowest BCUT2D eigenvalue weighted by atomic mass is 10.2. The van der Waals surface area contributed by atoms with Crippen LogP contribution < -0.4 is 10.0 Å². The molecule has 0 spiro atoms. The molecule has 0 aromatic heterocycles. The Hall–Kier alpha value is -2.87. The molecule has 1 unspecified atom stereocenters. The summed E-state index contributed by atoms with van der Waals surface area (Å²) in [4.78, 5) is 24.1. The normalized spacial score (nSPS) is 12.1. The Balaban J connectivity index is 1.99. The first-order valence-corrected chi connectivity index (χ1v) is 10.4. The maximum Gasteiger partial charge on any atom is 0.338 e. The molecule has 0 aliphatic carbocycles. The van der Waals surface area contributed by atoms with Crippen molar-refractivity contribution in [3.63, 3.8) is 0 Å². The summed E-state index contributed by atoms with van der Waals surface area (Å²) in [5, 5.41) is 2.74. The van der Waals surface area contributed by atoms with Gasteiger partial charge in [-0.1, -0.05) is 37.6 Å². The van der Waals surface area contributed by atoms with Gasteiger partial charge >= 0.3 is 5.97 Å². The lowest BCUT2D eigenvalue weighted by Gasteiger charge is -2.13. The highest BCUT2D eigenvalue weighted by Crippen LogP contribution is 2.17. The van der Waals surface area contributed by atoms with E-state index in [0.717, 1.165) is 12.8 Å². The van der Waals surface area contributed by atoms with Crippen molar-refractivity contribution in [1.29, 1.82) is 0 Å². The van der Waals surface area contributed by atoms with Crippen LogP contribution in [0.25, 0.3) is 0 Å². The van der Waals surface area contributed by atoms with Gasteiger partial charge in [-0.3, -0.25) is 9.52 Å². The number of benzene rings is 2. The van der Waals surface area contributed by atoms with Crippen molar-refractivity contribution >= 4 is 27.6 Å². The smallest absolute Gasteiger partial charge is 0.338 e. The van der Waals surface area contributed by atoms with Gasteiger partial charge in [-0.25, -0.2) is 13.2 Å². The molecule has 1 amide bonds. The molecule has 2 aromatic rings. The maximum atomic E-state index is 12.4. The Labute approximate surface area is 165 Å². The molecule has 0 heterocycles. The van der Waals surface area contributed by atoms with Crippen LogP contribution in [0.3, 0.4) is 0 Å². The first kappa shape index (κ1) is 21.4. The zero-order valence-electron chi connectivity index (χ0n) is 15.8. The number of anilines is 1. The molecular formula is C20H24N2O5S. The van der Waals surface area contributed by atoms with Gasteiger partial charge in [0.25, 0.3) is 15.9 Å². The van der Waals surface area contributed by atoms with Crippen molar-refractivity contribution in [2.45, 2.75) is 37.6 Å². The average molecular weight is 404 g/mol. The van der Waals surface area contributed by atoms with Crippen LogP contribution in [0.2, 0.25) is 0 Å². The van der Waals surface area contributed by atoms with Gasteiger partial charge < -0.3 is 10.1 Å². The number of amides is 1. The van der Waals surface area contributed by atoms with Crippen LogP contribution in [-0.2, 0) is 19.6 Å². The summed E-state index contributed by atoms with van der Waals surface area (Å²) in [6, 6.07) is 13.8. The molecule has 0 aliphatic rings. The minimum atomic E-state index is -3.77. The SMILES string of the molecule is CCCC(C)NC(=O)COC(=O)c1cccc(NS(=O)(=O)c2ccccc2)c1. The molecular weight excluding hydrogens is 380 g/mol. The topological polar surface area (TPSA) is 102 Å². The first-order chi connectivity index (χ1) is 13.3. The van der Waals surface area contributed by atoms with Crippen molar-refractivity contribution < 1.29 is 22.7 Å². The van der Waals surface area contributed by atoms with Gasteiger partial charge in [0.05, 0.1) is 10.5 Å². The van der Waals surface area contributed by atoms with Gasteiger partial charge in [0.15, 0.2) is 6.61 Å². The highest BCUT2D eigenvalue weighted by Gasteiger charge is 2.16. The fourth-order valence-corrected chi connectivity index (χ4v) is 3.63. The predicted molar refractivity (Wildman–Crippen MR) is 106 cm³/mol. The van der Waals surface area contributed by atoms with E-state index in [1.807, 2.05) is 13.8 Å². The first-order valence-electron chi connectivity index (χ1n) is 8.96. The zero-order valence-corrected chi connectivity index (χ0v) is 16.7. The summed E-state index contributed by atoms with van der Waals surface area (Å²) < 4.78 is 32.2. The molecule has 150 valence electrons. The van der Waals surface area contributed by atoms with Crippen LogP contribution in [0.1, 0.15) is 37.0 Å². The molecule has 2 rings (SSSR count). The zero-order chi connectivity index (χ0) is 20.6. The van der Waals surface area contributed by atoms with Crippen molar-refractivity contribution in [3.8, 4) is 0 Å². The molecule has 1 atom stereocenters. The van der Waals surface area contributed by atoms with Crippen molar-refractivity contribution in [2.24, 2.45) is 0 Å². The van der Waals surface area contributed by atoms with Gasteiger partial charge in [0.1, 0.15) is 0 Å². The van der Waals surface area contributed by atoms with Crippen molar-refractivity contribution in [3.05, 3.63) is 60.2 Å². The van der Waals surface area contributed by atoms with E-state index in [1.54, 1.807) is 18.2 Å². The lowest BCUT2D eigenvalue weighted by Crippen LogP contribution is -2.35. The third-order valence-corrected chi connectivity index (χ3v) is 5.26. The highest BCUT2D eigenvalue weighted by molar-refractivity contribution is 7.92. The minimum absolute atomic E-state index is 0.00641. The largest absolute Gasteiger partial charge is 0.452 e. The van der Waals surface area contributed by atoms with Gasteiger partial charge in [-0.05, 0) is 43.7 Å². The molecule has 0 radical (unpaired) electrons. The molecule has 7 nitrogen and oxygen atoms in total. The molecule has 0 bridgehead atoms. The number of nitrogens with one attached hydrogen (secondary N) is 2. The number of esters is 1. The van der Waals surface area contributed by atoms with Crippen LogP contribution in [-0.4, -0.2) is 32.9 Å². The second-order valence-corrected chi connectivity index (χ2v) is 8.02. The number of sulfonamides is 1. The number of carbonyl (C=O) groups excluding carboxylic acids is 2. The Kier molecular flexibility index (Phi) is 7.57. The van der Waals surface area contributed by atoms with E-state index in [0.29, 0.717) is 0 Å². The Morgan fingerprint density at radius 3 is 2.46 bits per heavy atom. The highest BCUT2D eigenvalue weighted by atomic mass is 32.2. The van der Waals surface area contributed by atoms with E-state index in [9.17, 15) is 18.0 Å². The number of hydrogen-bond donors (Lipinski definition) is 2. The standard InChI is InChI=1S/C20H24N2O5S/c1-3-8-15(2)21-19(23)14-27-20(24)16-9-7-10-17(13-16)22-28(25,26)18-11-5-4-6-12-18/h4-7,9-13,15,22H,3,8,14H2,1-2H3,(H,21,23). The summed E-state index contributed by atoms with van der Waals surface area (Å²) in [6.07, 6.45) is 1.77. The second-order valence-electron chi connectivity index (χ2n) is 6.33. The van der Waals surface area contributed by atoms with Crippen LogP contribution in [0.5, 0.6) is 0 Å². The molecule has 2 aromatic carbocycles. The average Bonchev–Trinajstić information content (AvgIpc) is 2.67. The van der Waals surface area contributed by atoms with E-state index in [-0.39, 0.29) is 28.1 Å². The van der Waals surface area contributed by atoms with Crippen molar-refractivity contribution in [1.82, 2.24) is 5.32 Å². The van der Waals surface area contributed by atoms with E-state index in [1.165, 1.54) is 36.4 Å². The Morgan fingerprint density at radius 2 is 1.79 bits per heavy atom. The van der Waals surface area contributed by atoms with E-state index >= 15 is 0 Å². The third-order valence-electron chi connectivity index (χ3n) is 3.87. The van der Waals surface area contributed by atoms with Crippen LogP contribution in [0, 0.1) is 0 Å². The fourth-order valence-electron chi connectivity index (χ4n) is 2.56. The molecule has 0 aliphatic heterocycles. The number of carbonyl (C=O) groups is 2. The molecule has 0 saturated carbocycles. The fraction of sp³-hybridized carbons (Fsp3) is 0.300. The van der Waals surface area contributed by atoms with Crippen molar-refractivity contribution in [2.75, 3.05) is 11.3 Å². The van der Waals surface area contributed by atoms with E-state index in [4.69, 9.17) is 4.74 Å². The summed E-state index contributed by atoms with van der Waals surface area (Å²) in [6.45, 7) is 3.50. The number of rotatable bonds is 9. The summed E-state index contributed by atoms with van der Waals surface area (Å²) in [7, 11) is -3.77. The molecule has 28 heavy (non-hydrogen) atoms. The predicted octanol–water partition coefficient (Wildman–Crippen LogP) is 2.95. The van der Waals surface area contributed by atoms with Gasteiger partial charge in [-0.2, -0.15) is 0 Å². The number of hydrogen-bond acceptors (Lipinski definition) is 5. The van der Waals surface area contributed by atoms with Gasteiger partial charge in [0.2, 0.25) is 0 Å². The molecule has 8 heteroatoms. The second kappa shape index (κ2) is 9.89. The minimum Gasteiger partial charge on any atom is -0.452 e. The summed E-state index contributed by atoms with van der Waals surface area (Å²) in [5.74, 6) is -1.09. The molecule has 0 fully saturated rings. The molecule has 2 N–H and O–H groups in total. The third kappa shape index (κ3) is 6.38. The summed E-state index contributed by atoms with van der Waals surface area (Å²) >= 11 is 0. The van der Waals surface area contributed by atoms with Crippen LogP contribution in [0.15, 0.2) is 59.5 Å². The quantitative estimate of drug-likeness (QED) is 0.626. The maximum absolute atomic E-state index is 12.4. The summed E-state index contributed by atoms with van der Waals surface area (Å²) in [5.41, 5.74) is 0.363. The van der Waals surface area contributed by atoms with Crippen LogP contribution in [0.4, 0.5) is 5.69 Å². The van der Waals surface area contributed by atoms with Gasteiger partial charge in [-0.15, -0.1) is 0 Å². The number of ether oxygens (including phenoxy) is 1. The van der Waals surface area contributed by atoms with E-state index in [2.05, 4.69) is 10.0 Å². The lowest BCUT2D eigenvalue weighted by molar-refractivity contribution is -0.124. The van der Waals surface area contributed by atoms with Gasteiger partial charge in [0, 0.05) is 11.7 Å². The molecule has 0 saturated heterocycles. The van der Waals surface area contributed by atoms with Crippen LogP contribution >= 0.6 is 0 Å². The van der Waals surface area contributed by atoms with E-state index < -0.39 is 22.6 Å². The Morgan fingerprint density at radius 1 is 1.07 bits per heavy atom. The monoisotopic (exact) mass is 404 g/mol. The Bertz CT molecular complexity index is 913.